The molecule has 2 heteroatoms. The van der Waals surface area contributed by atoms with E-state index in [1.165, 1.54) is 11.1 Å². The summed E-state index contributed by atoms with van der Waals surface area (Å²) in [5.41, 5.74) is 2.50. The van der Waals surface area contributed by atoms with Crippen LogP contribution in [0.5, 0.6) is 0 Å². The van der Waals surface area contributed by atoms with E-state index in [1.54, 1.807) is 0 Å². The van der Waals surface area contributed by atoms with Gasteiger partial charge in [0.25, 0.3) is 0 Å². The molecule has 0 unspecified atom stereocenters. The monoisotopic (exact) mass is 296 g/mol. The van der Waals surface area contributed by atoms with Crippen LogP contribution in [0.4, 0.5) is 0 Å². The maximum atomic E-state index is 3.00. The topological polar surface area (TPSA) is 0 Å². The summed E-state index contributed by atoms with van der Waals surface area (Å²) in [4.78, 5) is 0. The fourth-order valence-electron chi connectivity index (χ4n) is 1.21. The summed E-state index contributed by atoms with van der Waals surface area (Å²) in [6.07, 6.45) is 0. The van der Waals surface area contributed by atoms with Crippen molar-refractivity contribution in [2.24, 2.45) is 0 Å². The molecule has 14 heavy (non-hydrogen) atoms. The SMILES string of the molecule is [Br-].[Zn+2].[c-]1ccc(-c2ccccc2)cc1. The van der Waals surface area contributed by atoms with E-state index < -0.39 is 0 Å². The third kappa shape index (κ3) is 3.36. The minimum atomic E-state index is 0. The Bertz CT molecular complexity index is 308. The molecule has 0 bridgehead atoms. The van der Waals surface area contributed by atoms with Gasteiger partial charge in [0.05, 0.1) is 0 Å². The van der Waals surface area contributed by atoms with Gasteiger partial charge in [-0.3, -0.25) is 0 Å². The first kappa shape index (κ1) is 13.5. The Kier molecular flexibility index (Phi) is 6.69. The second-order valence-corrected chi connectivity index (χ2v) is 2.65. The van der Waals surface area contributed by atoms with Crippen LogP contribution >= 0.6 is 0 Å². The summed E-state index contributed by atoms with van der Waals surface area (Å²) in [6, 6.07) is 21.3. The van der Waals surface area contributed by atoms with Crippen LogP contribution in [0.15, 0.2) is 54.6 Å². The predicted molar refractivity (Wildman–Crippen MR) is 50.7 cm³/mol. The largest absolute Gasteiger partial charge is 2.00 e. The second kappa shape index (κ2) is 6.92. The Morgan fingerprint density at radius 3 is 1.79 bits per heavy atom. The smallest absolute Gasteiger partial charge is 1.00 e. The molecule has 0 saturated carbocycles. The van der Waals surface area contributed by atoms with E-state index >= 15 is 0 Å². The van der Waals surface area contributed by atoms with Gasteiger partial charge in [0.1, 0.15) is 0 Å². The van der Waals surface area contributed by atoms with Crippen molar-refractivity contribution in [1.82, 2.24) is 0 Å². The Hall–Kier alpha value is -0.457. The van der Waals surface area contributed by atoms with Gasteiger partial charge in [-0.05, 0) is 5.56 Å². The molecule has 0 saturated heterocycles. The number of hydrogen-bond donors (Lipinski definition) is 0. The van der Waals surface area contributed by atoms with Crippen molar-refractivity contribution in [2.75, 3.05) is 0 Å². The number of rotatable bonds is 1. The van der Waals surface area contributed by atoms with Gasteiger partial charge in [0.2, 0.25) is 0 Å². The van der Waals surface area contributed by atoms with Crippen molar-refractivity contribution in [2.45, 2.75) is 0 Å². The third-order valence-corrected chi connectivity index (χ3v) is 1.83. The molecular weight excluding hydrogens is 289 g/mol. The van der Waals surface area contributed by atoms with E-state index in [2.05, 4.69) is 30.3 Å². The maximum absolute atomic E-state index is 3.00. The Labute approximate surface area is 108 Å². The summed E-state index contributed by atoms with van der Waals surface area (Å²) in [6.45, 7) is 0. The second-order valence-electron chi connectivity index (χ2n) is 2.65. The standard InChI is InChI=1S/C12H9.BrH.Zn/c1-3-7-11(8-4-1)12-9-5-2-6-10-12;;/h1,3-10H;1H;/q-1;;+2/p-1. The Morgan fingerprint density at radius 1 is 0.714 bits per heavy atom. The van der Waals surface area contributed by atoms with Crippen molar-refractivity contribution in [3.8, 4) is 11.1 Å². The van der Waals surface area contributed by atoms with E-state index in [9.17, 15) is 0 Å². The van der Waals surface area contributed by atoms with E-state index in [1.807, 2.05) is 30.3 Å². The molecule has 2 rings (SSSR count). The Balaban J connectivity index is 0.000000845. The molecule has 0 heterocycles. The predicted octanol–water partition coefficient (Wildman–Crippen LogP) is 0.155. The van der Waals surface area contributed by atoms with Crippen molar-refractivity contribution in [3.63, 3.8) is 0 Å². The molecule has 0 N–H and O–H groups in total. The molecule has 0 fully saturated rings. The summed E-state index contributed by atoms with van der Waals surface area (Å²) in [7, 11) is 0. The fourth-order valence-corrected chi connectivity index (χ4v) is 1.21. The van der Waals surface area contributed by atoms with Gasteiger partial charge < -0.3 is 17.0 Å². The zero-order chi connectivity index (χ0) is 8.23. The normalized spacial score (nSPS) is 8.29. The van der Waals surface area contributed by atoms with Gasteiger partial charge in [-0.1, -0.05) is 30.3 Å². The summed E-state index contributed by atoms with van der Waals surface area (Å²) in [5.74, 6) is 0. The van der Waals surface area contributed by atoms with Crippen molar-refractivity contribution in [1.29, 1.82) is 0 Å². The summed E-state index contributed by atoms with van der Waals surface area (Å²) in [5, 5.41) is 0. The molecule has 2 aromatic carbocycles. The van der Waals surface area contributed by atoms with Gasteiger partial charge in [-0.15, -0.1) is 5.56 Å². The van der Waals surface area contributed by atoms with Gasteiger partial charge in [-0.2, -0.15) is 30.3 Å². The molecule has 0 aliphatic rings. The van der Waals surface area contributed by atoms with E-state index in [0.29, 0.717) is 0 Å². The molecule has 0 amide bonds. The average Bonchev–Trinajstić information content (AvgIpc) is 2.21. The molecular formula is C12H9BrZn. The average molecular weight is 298 g/mol. The van der Waals surface area contributed by atoms with E-state index in [0.717, 1.165) is 0 Å². The van der Waals surface area contributed by atoms with Crippen LogP contribution < -0.4 is 17.0 Å². The minimum Gasteiger partial charge on any atom is -1.00 e. The molecule has 0 nitrogen and oxygen atoms in total. The van der Waals surface area contributed by atoms with Crippen LogP contribution in [0.2, 0.25) is 0 Å². The van der Waals surface area contributed by atoms with Crippen LogP contribution in [0.1, 0.15) is 0 Å². The summed E-state index contributed by atoms with van der Waals surface area (Å²) >= 11 is 0. The van der Waals surface area contributed by atoms with Gasteiger partial charge in [-0.25, -0.2) is 0 Å². The van der Waals surface area contributed by atoms with Gasteiger partial charge >= 0.3 is 19.5 Å². The number of benzene rings is 2. The molecule has 2 aromatic rings. The first-order valence-corrected chi connectivity index (χ1v) is 3.98. The zero-order valence-electron chi connectivity index (χ0n) is 7.78. The minimum absolute atomic E-state index is 0. The van der Waals surface area contributed by atoms with Gasteiger partial charge in [0.15, 0.2) is 0 Å². The van der Waals surface area contributed by atoms with Crippen LogP contribution in [0.25, 0.3) is 11.1 Å². The van der Waals surface area contributed by atoms with Crippen LogP contribution in [-0.2, 0) is 19.5 Å². The molecule has 0 aliphatic carbocycles. The molecule has 0 aliphatic heterocycles. The molecule has 0 spiro atoms. The quantitative estimate of drug-likeness (QED) is 0.520. The van der Waals surface area contributed by atoms with Crippen LogP contribution in [0, 0.1) is 6.07 Å². The summed E-state index contributed by atoms with van der Waals surface area (Å²) < 4.78 is 0. The van der Waals surface area contributed by atoms with Crippen LogP contribution in [-0.4, -0.2) is 0 Å². The molecule has 0 radical (unpaired) electrons. The molecule has 0 aromatic heterocycles. The fraction of sp³-hybridized carbons (Fsp3) is 0. The third-order valence-electron chi connectivity index (χ3n) is 1.83. The number of halogens is 1. The van der Waals surface area contributed by atoms with Crippen LogP contribution in [0.3, 0.4) is 0 Å². The zero-order valence-corrected chi connectivity index (χ0v) is 12.3. The first-order valence-electron chi connectivity index (χ1n) is 3.98. The van der Waals surface area contributed by atoms with Crippen molar-refractivity contribution in [3.05, 3.63) is 60.7 Å². The van der Waals surface area contributed by atoms with Crippen molar-refractivity contribution >= 4 is 0 Å². The van der Waals surface area contributed by atoms with E-state index in [-0.39, 0.29) is 36.5 Å². The van der Waals surface area contributed by atoms with E-state index in [4.69, 9.17) is 0 Å². The van der Waals surface area contributed by atoms with Gasteiger partial charge in [0, 0.05) is 0 Å². The number of hydrogen-bond acceptors (Lipinski definition) is 0. The Morgan fingerprint density at radius 2 is 1.21 bits per heavy atom. The molecule has 0 atom stereocenters. The maximum Gasteiger partial charge on any atom is 2.00 e. The van der Waals surface area contributed by atoms with Crippen molar-refractivity contribution < 1.29 is 36.5 Å². The first-order chi connectivity index (χ1) is 5.97. The molecule has 66 valence electrons.